The van der Waals surface area contributed by atoms with E-state index in [1.54, 1.807) is 4.90 Å². The summed E-state index contributed by atoms with van der Waals surface area (Å²) in [6.07, 6.45) is 2.01. The van der Waals surface area contributed by atoms with Crippen molar-refractivity contribution in [1.82, 2.24) is 15.1 Å². The summed E-state index contributed by atoms with van der Waals surface area (Å²) in [5.74, 6) is 0.0844. The van der Waals surface area contributed by atoms with Crippen LogP contribution in [0.15, 0.2) is 18.2 Å². The van der Waals surface area contributed by atoms with Crippen molar-refractivity contribution >= 4 is 17.6 Å². The number of carbonyl (C=O) groups is 2. The van der Waals surface area contributed by atoms with Crippen LogP contribution in [0.25, 0.3) is 0 Å². The van der Waals surface area contributed by atoms with Crippen LogP contribution in [0.5, 0.6) is 0 Å². The Hall–Kier alpha value is -2.24. The fourth-order valence-electron chi connectivity index (χ4n) is 3.26. The molecule has 2 aliphatic heterocycles. The average molecular weight is 316 g/mol. The van der Waals surface area contributed by atoms with E-state index in [-0.39, 0.29) is 11.9 Å². The molecule has 0 atom stereocenters. The van der Waals surface area contributed by atoms with Crippen LogP contribution in [-0.2, 0) is 6.42 Å². The number of urea groups is 1. The van der Waals surface area contributed by atoms with E-state index in [1.807, 2.05) is 30.0 Å². The second kappa shape index (κ2) is 6.89. The summed E-state index contributed by atoms with van der Waals surface area (Å²) in [6, 6.07) is 5.86. The van der Waals surface area contributed by atoms with E-state index >= 15 is 0 Å². The molecule has 1 aromatic carbocycles. The Morgan fingerprint density at radius 3 is 2.65 bits per heavy atom. The Labute approximate surface area is 136 Å². The Morgan fingerprint density at radius 2 is 1.91 bits per heavy atom. The van der Waals surface area contributed by atoms with E-state index in [9.17, 15) is 9.59 Å². The molecule has 0 unspecified atom stereocenters. The summed E-state index contributed by atoms with van der Waals surface area (Å²) in [6.45, 7) is 5.86. The average Bonchev–Trinajstić information content (AvgIpc) is 2.61. The molecule has 124 valence electrons. The molecule has 6 heteroatoms. The maximum atomic E-state index is 12.9. The summed E-state index contributed by atoms with van der Waals surface area (Å²) in [5.41, 5.74) is 3.03. The third-order valence-electron chi connectivity index (χ3n) is 4.51. The van der Waals surface area contributed by atoms with Gasteiger partial charge in [0.25, 0.3) is 5.91 Å². The zero-order chi connectivity index (χ0) is 16.2. The molecule has 0 saturated carbocycles. The van der Waals surface area contributed by atoms with Crippen molar-refractivity contribution in [3.63, 3.8) is 0 Å². The molecule has 0 spiro atoms. The molecule has 6 nitrogen and oxygen atoms in total. The van der Waals surface area contributed by atoms with Gasteiger partial charge in [-0.15, -0.1) is 0 Å². The first-order valence-electron chi connectivity index (χ1n) is 8.38. The van der Waals surface area contributed by atoms with Crippen molar-refractivity contribution in [3.05, 3.63) is 29.3 Å². The van der Waals surface area contributed by atoms with E-state index < -0.39 is 0 Å². The smallest absolute Gasteiger partial charge is 0.317 e. The molecular formula is C17H24N4O2. The highest BCUT2D eigenvalue weighted by molar-refractivity contribution is 5.97. The second-order valence-electron chi connectivity index (χ2n) is 5.98. The first-order valence-corrected chi connectivity index (χ1v) is 8.38. The van der Waals surface area contributed by atoms with Crippen LogP contribution < -0.4 is 10.6 Å². The number of anilines is 1. The number of hydrogen-bond acceptors (Lipinski definition) is 3. The lowest BCUT2D eigenvalue weighted by Crippen LogP contribution is -2.53. The van der Waals surface area contributed by atoms with Crippen LogP contribution in [0, 0.1) is 0 Å². The normalized spacial score (nSPS) is 17.3. The number of nitrogens with zero attached hydrogens (tertiary/aromatic N) is 2. The van der Waals surface area contributed by atoms with Crippen LogP contribution in [0.1, 0.15) is 29.3 Å². The van der Waals surface area contributed by atoms with E-state index in [1.165, 1.54) is 0 Å². The molecule has 23 heavy (non-hydrogen) atoms. The summed E-state index contributed by atoms with van der Waals surface area (Å²) in [5, 5.41) is 6.17. The highest BCUT2D eigenvalue weighted by atomic mass is 16.2. The van der Waals surface area contributed by atoms with Crippen molar-refractivity contribution < 1.29 is 9.59 Å². The van der Waals surface area contributed by atoms with Gasteiger partial charge >= 0.3 is 6.03 Å². The first-order chi connectivity index (χ1) is 11.2. The number of fused-ring (bicyclic) bond motifs is 1. The van der Waals surface area contributed by atoms with Crippen LogP contribution in [0.4, 0.5) is 10.5 Å². The Morgan fingerprint density at radius 1 is 1.17 bits per heavy atom. The van der Waals surface area contributed by atoms with E-state index in [2.05, 4.69) is 10.6 Å². The van der Waals surface area contributed by atoms with Crippen molar-refractivity contribution in [2.45, 2.75) is 19.8 Å². The van der Waals surface area contributed by atoms with Gasteiger partial charge in [-0.3, -0.25) is 4.79 Å². The molecule has 3 rings (SSSR count). The standard InChI is InChI=1S/C17H24N4O2/c1-2-18-17(23)21-11-9-20(10-12-21)16(22)14-5-3-7-15-13(14)6-4-8-19-15/h3,5,7,19H,2,4,6,8-12H2,1H3,(H,18,23). The SMILES string of the molecule is CCNC(=O)N1CCN(C(=O)c2cccc3c2CCCN3)CC1. The van der Waals surface area contributed by atoms with Crippen molar-refractivity contribution in [1.29, 1.82) is 0 Å². The first kappa shape index (κ1) is 15.6. The largest absolute Gasteiger partial charge is 0.385 e. The van der Waals surface area contributed by atoms with Crippen LogP contribution >= 0.6 is 0 Å². The van der Waals surface area contributed by atoms with Crippen molar-refractivity contribution in [2.24, 2.45) is 0 Å². The molecule has 0 radical (unpaired) electrons. The lowest BCUT2D eigenvalue weighted by molar-refractivity contribution is 0.0664. The van der Waals surface area contributed by atoms with Gasteiger partial charge in [0.1, 0.15) is 0 Å². The summed E-state index contributed by atoms with van der Waals surface area (Å²) < 4.78 is 0. The highest BCUT2D eigenvalue weighted by Gasteiger charge is 2.26. The summed E-state index contributed by atoms with van der Waals surface area (Å²) in [7, 11) is 0. The quantitative estimate of drug-likeness (QED) is 0.870. The molecular weight excluding hydrogens is 292 g/mol. The lowest BCUT2D eigenvalue weighted by atomic mass is 9.96. The Kier molecular flexibility index (Phi) is 4.69. The number of benzene rings is 1. The van der Waals surface area contributed by atoms with Crippen molar-refractivity contribution in [3.8, 4) is 0 Å². The van der Waals surface area contributed by atoms with Gasteiger partial charge in [-0.2, -0.15) is 0 Å². The minimum absolute atomic E-state index is 0.0408. The van der Waals surface area contributed by atoms with Gasteiger partial charge in [0, 0.05) is 50.5 Å². The number of hydrogen-bond donors (Lipinski definition) is 2. The minimum Gasteiger partial charge on any atom is -0.385 e. The zero-order valence-corrected chi connectivity index (χ0v) is 13.6. The van der Waals surface area contributed by atoms with Gasteiger partial charge in [-0.1, -0.05) is 6.07 Å². The van der Waals surface area contributed by atoms with Gasteiger partial charge in [0.05, 0.1) is 0 Å². The molecule has 1 aromatic rings. The summed E-state index contributed by atoms with van der Waals surface area (Å²) >= 11 is 0. The highest BCUT2D eigenvalue weighted by Crippen LogP contribution is 2.26. The fraction of sp³-hybridized carbons (Fsp3) is 0.529. The zero-order valence-electron chi connectivity index (χ0n) is 13.6. The molecule has 0 aliphatic carbocycles. The topological polar surface area (TPSA) is 64.7 Å². The molecule has 0 aromatic heterocycles. The molecule has 3 amide bonds. The van der Waals surface area contributed by atoms with Gasteiger partial charge in [-0.25, -0.2) is 4.79 Å². The molecule has 0 bridgehead atoms. The molecule has 1 fully saturated rings. The van der Waals surface area contributed by atoms with Gasteiger partial charge in [-0.05, 0) is 37.5 Å². The fourth-order valence-corrected chi connectivity index (χ4v) is 3.26. The molecule has 1 saturated heterocycles. The predicted octanol–water partition coefficient (Wildman–Crippen LogP) is 1.53. The van der Waals surface area contributed by atoms with Gasteiger partial charge < -0.3 is 20.4 Å². The number of amides is 3. The third-order valence-corrected chi connectivity index (χ3v) is 4.51. The number of rotatable bonds is 2. The lowest BCUT2D eigenvalue weighted by Gasteiger charge is -2.35. The van der Waals surface area contributed by atoms with Gasteiger partial charge in [0.15, 0.2) is 0 Å². The Balaban J connectivity index is 1.67. The van der Waals surface area contributed by atoms with Crippen molar-refractivity contribution in [2.75, 3.05) is 44.6 Å². The van der Waals surface area contributed by atoms with Crippen LogP contribution in [0.2, 0.25) is 0 Å². The number of piperazine rings is 1. The van der Waals surface area contributed by atoms with E-state index in [0.717, 1.165) is 36.2 Å². The number of nitrogens with one attached hydrogen (secondary N) is 2. The number of carbonyl (C=O) groups excluding carboxylic acids is 2. The molecule has 2 heterocycles. The maximum Gasteiger partial charge on any atom is 0.317 e. The minimum atomic E-state index is -0.0408. The van der Waals surface area contributed by atoms with Crippen LogP contribution in [0.3, 0.4) is 0 Å². The third kappa shape index (κ3) is 3.25. The predicted molar refractivity (Wildman–Crippen MR) is 89.8 cm³/mol. The maximum absolute atomic E-state index is 12.9. The van der Waals surface area contributed by atoms with Crippen LogP contribution in [-0.4, -0.2) is 61.0 Å². The summed E-state index contributed by atoms with van der Waals surface area (Å²) in [4.78, 5) is 28.3. The van der Waals surface area contributed by atoms with E-state index in [0.29, 0.717) is 32.7 Å². The molecule has 2 aliphatic rings. The molecule has 2 N–H and O–H groups in total. The van der Waals surface area contributed by atoms with Gasteiger partial charge in [0.2, 0.25) is 0 Å². The second-order valence-corrected chi connectivity index (χ2v) is 5.98. The van der Waals surface area contributed by atoms with E-state index in [4.69, 9.17) is 0 Å². The monoisotopic (exact) mass is 316 g/mol. The Bertz CT molecular complexity index is 594.